The highest BCUT2D eigenvalue weighted by molar-refractivity contribution is 9.10. The van der Waals surface area contributed by atoms with Crippen LogP contribution in [0.3, 0.4) is 0 Å². The van der Waals surface area contributed by atoms with Gasteiger partial charge in [0.2, 0.25) is 0 Å². The van der Waals surface area contributed by atoms with Gasteiger partial charge >= 0.3 is 0 Å². The van der Waals surface area contributed by atoms with E-state index in [1.54, 1.807) is 0 Å². The summed E-state index contributed by atoms with van der Waals surface area (Å²) in [6.07, 6.45) is 45.0. The first-order valence-corrected chi connectivity index (χ1v) is 33.8. The van der Waals surface area contributed by atoms with Gasteiger partial charge < -0.3 is 8.85 Å². The second kappa shape index (κ2) is 32.4. The number of hydrogen-bond acceptors (Lipinski definition) is 2. The normalized spacial score (nSPS) is 15.4. The molecule has 2 atom stereocenters. The molecule has 6 heteroatoms. The first-order chi connectivity index (χ1) is 29.1. The third-order valence-corrected chi connectivity index (χ3v) is 19.2. The van der Waals surface area contributed by atoms with Gasteiger partial charge in [-0.1, -0.05) is 263 Å². The van der Waals surface area contributed by atoms with Crippen molar-refractivity contribution in [2.75, 3.05) is 0 Å². The molecule has 0 heterocycles. The fraction of sp³-hybridized carbons (Fsp3) is 0.778. The molecule has 0 N–H and O–H groups in total. The molecule has 60 heavy (non-hydrogen) atoms. The zero-order valence-corrected chi connectivity index (χ0v) is 45.4. The van der Waals surface area contributed by atoms with E-state index in [2.05, 4.69) is 108 Å². The number of rotatable bonds is 38. The van der Waals surface area contributed by atoms with Gasteiger partial charge in [0.1, 0.15) is 12.2 Å². The maximum absolute atomic E-state index is 7.47. The molecule has 0 bridgehead atoms. The molecular formula is C54H94Br2O2Si2. The molecule has 344 valence electrons. The third kappa shape index (κ3) is 23.1. The van der Waals surface area contributed by atoms with Crippen LogP contribution in [0.4, 0.5) is 0 Å². The van der Waals surface area contributed by atoms with Crippen molar-refractivity contribution in [1.82, 2.24) is 0 Å². The maximum Gasteiger partial charge on any atom is 0.187 e. The van der Waals surface area contributed by atoms with Crippen LogP contribution in [-0.4, -0.2) is 16.6 Å². The Labute approximate surface area is 392 Å². The molecule has 0 aromatic heterocycles. The lowest BCUT2D eigenvalue weighted by atomic mass is 9.82. The SMILES string of the molecule is CCCCCCCCCCCCCCCCCC[Si](C)(C)O[C@H]1c2cc(Br)ccc2-c2ccc(Br)cc2[C@@H]1O[Si](C)(C)CCCCCCCCCCCCCCCCCC. The molecule has 2 nitrogen and oxygen atoms in total. The van der Waals surface area contributed by atoms with E-state index in [0.29, 0.717) is 0 Å². The van der Waals surface area contributed by atoms with Gasteiger partial charge in [0.25, 0.3) is 0 Å². The minimum atomic E-state index is -1.99. The molecule has 1 aliphatic rings. The van der Waals surface area contributed by atoms with Crippen molar-refractivity contribution in [3.8, 4) is 11.1 Å². The van der Waals surface area contributed by atoms with Gasteiger partial charge in [0.15, 0.2) is 16.6 Å². The van der Waals surface area contributed by atoms with Crippen molar-refractivity contribution in [2.24, 2.45) is 0 Å². The van der Waals surface area contributed by atoms with Gasteiger partial charge in [-0.05, 0) is 84.8 Å². The van der Waals surface area contributed by atoms with Gasteiger partial charge in [-0.15, -0.1) is 0 Å². The minimum Gasteiger partial charge on any atom is -0.407 e. The van der Waals surface area contributed by atoms with E-state index in [1.807, 2.05) is 0 Å². The molecule has 1 aliphatic carbocycles. The highest BCUT2D eigenvalue weighted by Crippen LogP contribution is 2.51. The highest BCUT2D eigenvalue weighted by atomic mass is 79.9. The summed E-state index contributed by atoms with van der Waals surface area (Å²) in [6, 6.07) is 16.0. The lowest BCUT2D eigenvalue weighted by Crippen LogP contribution is -2.40. The fourth-order valence-corrected chi connectivity index (χ4v) is 14.7. The van der Waals surface area contributed by atoms with Crippen molar-refractivity contribution in [1.29, 1.82) is 0 Å². The van der Waals surface area contributed by atoms with Gasteiger partial charge in [0, 0.05) is 8.95 Å². The molecule has 0 amide bonds. The Bertz CT molecular complexity index is 1280. The van der Waals surface area contributed by atoms with E-state index in [0.717, 1.165) is 8.95 Å². The van der Waals surface area contributed by atoms with Crippen LogP contribution in [0.1, 0.15) is 243 Å². The molecule has 0 aliphatic heterocycles. The number of hydrogen-bond donors (Lipinski definition) is 0. The van der Waals surface area contributed by atoms with E-state index in [9.17, 15) is 0 Å². The van der Waals surface area contributed by atoms with Gasteiger partial charge in [-0.3, -0.25) is 0 Å². The van der Waals surface area contributed by atoms with Crippen LogP contribution in [0.25, 0.3) is 11.1 Å². The predicted octanol–water partition coefficient (Wildman–Crippen LogP) is 20.9. The number of benzene rings is 2. The van der Waals surface area contributed by atoms with E-state index < -0.39 is 16.6 Å². The number of fused-ring (bicyclic) bond motifs is 3. The smallest absolute Gasteiger partial charge is 0.187 e. The molecule has 2 aromatic carbocycles. The summed E-state index contributed by atoms with van der Waals surface area (Å²) in [5.41, 5.74) is 5.19. The molecule has 0 unspecified atom stereocenters. The minimum absolute atomic E-state index is 0.0837. The second-order valence-corrected chi connectivity index (χ2v) is 30.5. The average molecular weight is 991 g/mol. The zero-order valence-electron chi connectivity index (χ0n) is 40.2. The van der Waals surface area contributed by atoms with E-state index >= 15 is 0 Å². The quantitative estimate of drug-likeness (QED) is 0.0493. The van der Waals surface area contributed by atoms with Crippen molar-refractivity contribution in [2.45, 2.75) is 270 Å². The average Bonchev–Trinajstić information content (AvgIpc) is 3.21. The Morgan fingerprint density at radius 3 is 0.850 bits per heavy atom. The van der Waals surface area contributed by atoms with E-state index in [-0.39, 0.29) is 12.2 Å². The highest BCUT2D eigenvalue weighted by Gasteiger charge is 2.42. The Balaban J connectivity index is 1.43. The van der Waals surface area contributed by atoms with Crippen LogP contribution in [0.15, 0.2) is 45.3 Å². The maximum atomic E-state index is 7.47. The zero-order chi connectivity index (χ0) is 43.3. The summed E-state index contributed by atoms with van der Waals surface area (Å²) in [5, 5.41) is 0. The van der Waals surface area contributed by atoms with Crippen LogP contribution in [-0.2, 0) is 8.85 Å². The predicted molar refractivity (Wildman–Crippen MR) is 279 cm³/mol. The van der Waals surface area contributed by atoms with Crippen LogP contribution in [0, 0.1) is 0 Å². The Morgan fingerprint density at radius 2 is 0.600 bits per heavy atom. The van der Waals surface area contributed by atoms with Gasteiger partial charge in [-0.2, -0.15) is 0 Å². The third-order valence-electron chi connectivity index (χ3n) is 13.4. The lowest BCUT2D eigenvalue weighted by molar-refractivity contribution is 0.0381. The lowest BCUT2D eigenvalue weighted by Gasteiger charge is -2.42. The van der Waals surface area contributed by atoms with Crippen LogP contribution < -0.4 is 0 Å². The van der Waals surface area contributed by atoms with Gasteiger partial charge in [0.05, 0.1) is 0 Å². The summed E-state index contributed by atoms with van der Waals surface area (Å²) in [4.78, 5) is 0. The molecular weight excluding hydrogens is 897 g/mol. The molecule has 0 saturated heterocycles. The van der Waals surface area contributed by atoms with Crippen LogP contribution in [0.5, 0.6) is 0 Å². The topological polar surface area (TPSA) is 18.5 Å². The van der Waals surface area contributed by atoms with Crippen molar-refractivity contribution in [3.05, 3.63) is 56.5 Å². The Hall–Kier alpha value is -0.246. The Morgan fingerprint density at radius 1 is 0.367 bits per heavy atom. The summed E-state index contributed by atoms with van der Waals surface area (Å²) < 4.78 is 17.2. The van der Waals surface area contributed by atoms with Crippen molar-refractivity contribution in [3.63, 3.8) is 0 Å². The molecule has 3 rings (SSSR count). The molecule has 0 spiro atoms. The summed E-state index contributed by atoms with van der Waals surface area (Å²) in [7, 11) is -3.98. The number of unbranched alkanes of at least 4 members (excludes halogenated alkanes) is 30. The largest absolute Gasteiger partial charge is 0.407 e. The molecule has 2 aromatic rings. The van der Waals surface area contributed by atoms with Crippen molar-refractivity contribution >= 4 is 48.5 Å². The standard InChI is InChI=1S/C54H94Br2O2Si2/c1-7-9-11-13-15-17-19-21-23-25-27-29-31-33-35-37-43-59(3,4)57-53-51-45-47(55)39-41-49(51)50-42-40-48(56)46-52(50)54(53)58-60(5,6)44-38-36-34-32-30-28-26-24-22-20-18-16-14-12-10-8-2/h39-42,45-46,53-54H,7-38,43-44H2,1-6H3/t53-,54-/m0/s1. The monoisotopic (exact) mass is 989 g/mol. The second-order valence-electron chi connectivity index (χ2n) is 20.2. The summed E-state index contributed by atoms with van der Waals surface area (Å²) in [6.45, 7) is 14.5. The fourth-order valence-electron chi connectivity index (χ4n) is 9.61. The first kappa shape index (κ1) is 54.1. The van der Waals surface area contributed by atoms with Crippen LogP contribution >= 0.6 is 31.9 Å². The van der Waals surface area contributed by atoms with Gasteiger partial charge in [-0.25, -0.2) is 0 Å². The van der Waals surface area contributed by atoms with E-state index in [4.69, 9.17) is 8.85 Å². The van der Waals surface area contributed by atoms with Crippen molar-refractivity contribution < 1.29 is 8.85 Å². The Kier molecular flexibility index (Phi) is 29.2. The molecule has 0 saturated carbocycles. The summed E-state index contributed by atoms with van der Waals surface area (Å²) >= 11 is 7.68. The molecule has 0 fully saturated rings. The summed E-state index contributed by atoms with van der Waals surface area (Å²) in [5.74, 6) is 0. The number of halogens is 2. The van der Waals surface area contributed by atoms with E-state index in [1.165, 1.54) is 240 Å². The van der Waals surface area contributed by atoms with Crippen LogP contribution in [0.2, 0.25) is 38.3 Å². The first-order valence-electron chi connectivity index (χ1n) is 26.0. The molecule has 0 radical (unpaired) electrons.